The van der Waals surface area contributed by atoms with Crippen molar-refractivity contribution in [2.45, 2.75) is 20.0 Å². The fourth-order valence-electron chi connectivity index (χ4n) is 3.17. The summed E-state index contributed by atoms with van der Waals surface area (Å²) in [6, 6.07) is 12.8. The third kappa shape index (κ3) is 2.04. The van der Waals surface area contributed by atoms with E-state index in [1.807, 2.05) is 12.1 Å². The maximum absolute atomic E-state index is 5.55. The molecule has 0 spiro atoms. The fraction of sp³-hybridized carbons (Fsp3) is 0.333. The molecule has 3 heteroatoms. The van der Waals surface area contributed by atoms with E-state index in [-0.39, 0.29) is 6.17 Å². The first-order chi connectivity index (χ1) is 10.0. The van der Waals surface area contributed by atoms with Crippen LogP contribution in [0, 0.1) is 13.8 Å². The van der Waals surface area contributed by atoms with Crippen molar-refractivity contribution in [1.82, 2.24) is 0 Å². The molecule has 0 aliphatic carbocycles. The van der Waals surface area contributed by atoms with Gasteiger partial charge in [-0.1, -0.05) is 18.2 Å². The summed E-state index contributed by atoms with van der Waals surface area (Å²) in [4.78, 5) is 4.64. The molecule has 3 nitrogen and oxygen atoms in total. The van der Waals surface area contributed by atoms with Crippen LogP contribution in [0.25, 0.3) is 0 Å². The zero-order valence-electron chi connectivity index (χ0n) is 13.3. The van der Waals surface area contributed by atoms with Gasteiger partial charge in [-0.15, -0.1) is 0 Å². The predicted octanol–water partition coefficient (Wildman–Crippen LogP) is 3.90. The zero-order chi connectivity index (χ0) is 15.1. The number of ether oxygens (including phenoxy) is 1. The molecule has 21 heavy (non-hydrogen) atoms. The van der Waals surface area contributed by atoms with Crippen molar-refractivity contribution in [1.29, 1.82) is 0 Å². The monoisotopic (exact) mass is 282 g/mol. The van der Waals surface area contributed by atoms with Crippen molar-refractivity contribution in [3.05, 3.63) is 53.1 Å². The molecule has 0 bridgehead atoms. The summed E-state index contributed by atoms with van der Waals surface area (Å²) in [5, 5.41) is 0. The molecule has 0 unspecified atom stereocenters. The average molecular weight is 282 g/mol. The maximum Gasteiger partial charge on any atom is 0.131 e. The maximum atomic E-state index is 5.55. The summed E-state index contributed by atoms with van der Waals surface area (Å²) >= 11 is 0. The van der Waals surface area contributed by atoms with Gasteiger partial charge in [0.25, 0.3) is 0 Å². The van der Waals surface area contributed by atoms with Gasteiger partial charge >= 0.3 is 0 Å². The number of fused-ring (bicyclic) bond motifs is 1. The Labute approximate surface area is 126 Å². The van der Waals surface area contributed by atoms with Crippen LogP contribution in [0.15, 0.2) is 36.4 Å². The third-order valence-corrected chi connectivity index (χ3v) is 4.50. The predicted molar refractivity (Wildman–Crippen MR) is 88.5 cm³/mol. The zero-order valence-corrected chi connectivity index (χ0v) is 13.3. The molecule has 2 aromatic carbocycles. The topological polar surface area (TPSA) is 15.7 Å². The Hall–Kier alpha value is -2.16. The van der Waals surface area contributed by atoms with Crippen LogP contribution in [0.1, 0.15) is 22.9 Å². The van der Waals surface area contributed by atoms with E-state index in [4.69, 9.17) is 4.74 Å². The van der Waals surface area contributed by atoms with Crippen molar-refractivity contribution in [2.75, 3.05) is 31.0 Å². The molecule has 0 atom stereocenters. The number of hydrogen-bond acceptors (Lipinski definition) is 3. The minimum absolute atomic E-state index is 0.164. The number of benzene rings is 2. The first kappa shape index (κ1) is 13.8. The second kappa shape index (κ2) is 4.99. The van der Waals surface area contributed by atoms with Crippen LogP contribution < -0.4 is 14.5 Å². The average Bonchev–Trinajstić information content (AvgIpc) is 2.71. The Kier molecular flexibility index (Phi) is 3.28. The van der Waals surface area contributed by atoms with E-state index in [1.165, 1.54) is 28.1 Å². The Morgan fingerprint density at radius 2 is 1.43 bits per heavy atom. The molecule has 2 aromatic rings. The van der Waals surface area contributed by atoms with Crippen LogP contribution in [0.3, 0.4) is 0 Å². The largest absolute Gasteiger partial charge is 0.496 e. The first-order valence-corrected chi connectivity index (χ1v) is 7.24. The van der Waals surface area contributed by atoms with Crippen molar-refractivity contribution in [3.63, 3.8) is 0 Å². The molecule has 1 aliphatic rings. The molecule has 0 amide bonds. The summed E-state index contributed by atoms with van der Waals surface area (Å²) in [7, 11) is 6.03. The van der Waals surface area contributed by atoms with E-state index in [9.17, 15) is 0 Å². The summed E-state index contributed by atoms with van der Waals surface area (Å²) in [5.41, 5.74) is 6.40. The highest BCUT2D eigenvalue weighted by atomic mass is 16.5. The number of methoxy groups -OCH3 is 1. The second-order valence-corrected chi connectivity index (χ2v) is 5.76. The quantitative estimate of drug-likeness (QED) is 0.831. The molecule has 0 N–H and O–H groups in total. The minimum atomic E-state index is 0.164. The summed E-state index contributed by atoms with van der Waals surface area (Å²) in [6.07, 6.45) is 0.164. The van der Waals surface area contributed by atoms with E-state index < -0.39 is 0 Å². The van der Waals surface area contributed by atoms with E-state index >= 15 is 0 Å². The van der Waals surface area contributed by atoms with Crippen LogP contribution in [0.5, 0.6) is 5.75 Å². The van der Waals surface area contributed by atoms with Crippen LogP contribution in [-0.2, 0) is 0 Å². The molecule has 0 saturated heterocycles. The second-order valence-electron chi connectivity index (χ2n) is 5.76. The lowest BCUT2D eigenvalue weighted by molar-refractivity contribution is 0.405. The van der Waals surface area contributed by atoms with Gasteiger partial charge in [0, 0.05) is 19.7 Å². The van der Waals surface area contributed by atoms with Gasteiger partial charge in [0.1, 0.15) is 11.9 Å². The van der Waals surface area contributed by atoms with Crippen molar-refractivity contribution in [3.8, 4) is 5.75 Å². The fourth-order valence-corrected chi connectivity index (χ4v) is 3.17. The summed E-state index contributed by atoms with van der Waals surface area (Å²) in [5.74, 6) is 0.933. The molecule has 1 aliphatic heterocycles. The molecule has 110 valence electrons. The SMILES string of the molecule is COc1ccccc1C1N(C)c2cc(C)c(C)cc2N1C. The van der Waals surface area contributed by atoms with Crippen LogP contribution in [-0.4, -0.2) is 21.2 Å². The number of nitrogens with zero attached hydrogens (tertiary/aromatic N) is 2. The Bertz CT molecular complexity index is 646. The highest BCUT2D eigenvalue weighted by Crippen LogP contribution is 2.47. The van der Waals surface area contributed by atoms with Gasteiger partial charge in [-0.2, -0.15) is 0 Å². The van der Waals surface area contributed by atoms with Gasteiger partial charge in [0.2, 0.25) is 0 Å². The third-order valence-electron chi connectivity index (χ3n) is 4.50. The van der Waals surface area contributed by atoms with Crippen LogP contribution >= 0.6 is 0 Å². The van der Waals surface area contributed by atoms with E-state index in [2.05, 4.69) is 62.0 Å². The minimum Gasteiger partial charge on any atom is -0.496 e. The van der Waals surface area contributed by atoms with Gasteiger partial charge in [-0.05, 0) is 43.2 Å². The summed E-state index contributed by atoms with van der Waals surface area (Å²) < 4.78 is 5.55. The lowest BCUT2D eigenvalue weighted by Crippen LogP contribution is -2.30. The normalized spacial score (nSPS) is 14.5. The molecule has 0 fully saturated rings. The highest BCUT2D eigenvalue weighted by molar-refractivity contribution is 5.79. The number of para-hydroxylation sites is 1. The van der Waals surface area contributed by atoms with Gasteiger partial charge in [-0.3, -0.25) is 0 Å². The summed E-state index contributed by atoms with van der Waals surface area (Å²) in [6.45, 7) is 4.33. The lowest BCUT2D eigenvalue weighted by atomic mass is 10.1. The number of anilines is 2. The Morgan fingerprint density at radius 3 is 1.95 bits per heavy atom. The highest BCUT2D eigenvalue weighted by Gasteiger charge is 2.34. The van der Waals surface area contributed by atoms with Gasteiger partial charge in [-0.25, -0.2) is 0 Å². The van der Waals surface area contributed by atoms with E-state index in [0.717, 1.165) is 5.75 Å². The van der Waals surface area contributed by atoms with E-state index in [0.29, 0.717) is 0 Å². The molecule has 0 radical (unpaired) electrons. The molecule has 3 rings (SSSR count). The van der Waals surface area contributed by atoms with Crippen molar-refractivity contribution >= 4 is 11.4 Å². The molecular weight excluding hydrogens is 260 g/mol. The molecular formula is C18H22N2O. The van der Waals surface area contributed by atoms with Crippen LogP contribution in [0.2, 0.25) is 0 Å². The Morgan fingerprint density at radius 1 is 0.905 bits per heavy atom. The standard InChI is InChI=1S/C18H22N2O/c1-12-10-15-16(11-13(12)2)20(4)18(19(15)3)14-8-6-7-9-17(14)21-5/h6-11,18H,1-5H3. The van der Waals surface area contributed by atoms with E-state index in [1.54, 1.807) is 7.11 Å². The Balaban J connectivity index is 2.11. The molecule has 0 saturated carbocycles. The first-order valence-electron chi connectivity index (χ1n) is 7.24. The lowest BCUT2D eigenvalue weighted by Gasteiger charge is -2.29. The van der Waals surface area contributed by atoms with Crippen molar-refractivity contribution < 1.29 is 4.74 Å². The number of rotatable bonds is 2. The van der Waals surface area contributed by atoms with Gasteiger partial charge < -0.3 is 14.5 Å². The van der Waals surface area contributed by atoms with Gasteiger partial charge in [0.05, 0.1) is 18.5 Å². The van der Waals surface area contributed by atoms with Crippen molar-refractivity contribution in [2.24, 2.45) is 0 Å². The van der Waals surface area contributed by atoms with Gasteiger partial charge in [0.15, 0.2) is 0 Å². The number of hydrogen-bond donors (Lipinski definition) is 0. The van der Waals surface area contributed by atoms with Crippen LogP contribution in [0.4, 0.5) is 11.4 Å². The number of aryl methyl sites for hydroxylation is 2. The molecule has 0 aromatic heterocycles. The smallest absolute Gasteiger partial charge is 0.131 e. The molecule has 1 heterocycles.